The Labute approximate surface area is 109 Å². The summed E-state index contributed by atoms with van der Waals surface area (Å²) in [6.45, 7) is 1.55. The van der Waals surface area contributed by atoms with Crippen LogP contribution in [0.5, 0.6) is 11.5 Å². The molecule has 2 aromatic rings. The van der Waals surface area contributed by atoms with Gasteiger partial charge in [0.2, 0.25) is 0 Å². The fourth-order valence-electron chi connectivity index (χ4n) is 1.86. The van der Waals surface area contributed by atoms with Crippen LogP contribution in [0.15, 0.2) is 30.5 Å². The number of fused-ring (bicyclic) bond motifs is 1. The second kappa shape index (κ2) is 5.01. The molecule has 6 nitrogen and oxygen atoms in total. The molecule has 2 N–H and O–H groups in total. The summed E-state index contributed by atoms with van der Waals surface area (Å²) in [6.07, 6.45) is 1.54. The fraction of sp³-hybridized carbons (Fsp3) is 0.231. The summed E-state index contributed by atoms with van der Waals surface area (Å²) in [5, 5.41) is 9.15. The summed E-state index contributed by atoms with van der Waals surface area (Å²) in [5.41, 5.74) is 1.40. The van der Waals surface area contributed by atoms with Gasteiger partial charge in [0, 0.05) is 12.7 Å². The first kappa shape index (κ1) is 11.6. The number of H-pyrrole nitrogens is 1. The van der Waals surface area contributed by atoms with E-state index in [1.807, 2.05) is 18.2 Å². The molecule has 0 saturated carbocycles. The Bertz CT molecular complexity index is 581. The Kier molecular flexibility index (Phi) is 3.06. The lowest BCUT2D eigenvalue weighted by Gasteiger charge is -2.18. The summed E-state index contributed by atoms with van der Waals surface area (Å²) in [4.78, 5) is 11.7. The van der Waals surface area contributed by atoms with Gasteiger partial charge in [-0.1, -0.05) is 6.07 Å². The predicted octanol–water partition coefficient (Wildman–Crippen LogP) is 1.11. The topological polar surface area (TPSA) is 76.2 Å². The van der Waals surface area contributed by atoms with Crippen LogP contribution in [0.4, 0.5) is 0 Å². The van der Waals surface area contributed by atoms with E-state index < -0.39 is 0 Å². The minimum atomic E-state index is -0.188. The maximum atomic E-state index is 11.7. The average Bonchev–Trinajstić information content (AvgIpc) is 2.99. The molecule has 0 bridgehead atoms. The zero-order valence-electron chi connectivity index (χ0n) is 10.2. The van der Waals surface area contributed by atoms with Gasteiger partial charge in [-0.15, -0.1) is 0 Å². The van der Waals surface area contributed by atoms with Crippen LogP contribution in [0.2, 0.25) is 0 Å². The van der Waals surface area contributed by atoms with Crippen molar-refractivity contribution >= 4 is 5.91 Å². The lowest BCUT2D eigenvalue weighted by molar-refractivity contribution is 0.0946. The van der Waals surface area contributed by atoms with Crippen molar-refractivity contribution in [2.24, 2.45) is 0 Å². The van der Waals surface area contributed by atoms with Crippen LogP contribution in [0, 0.1) is 0 Å². The quantitative estimate of drug-likeness (QED) is 0.865. The highest BCUT2D eigenvalue weighted by molar-refractivity contribution is 5.92. The van der Waals surface area contributed by atoms with Crippen molar-refractivity contribution in [3.8, 4) is 11.5 Å². The van der Waals surface area contributed by atoms with Crippen molar-refractivity contribution in [1.82, 2.24) is 15.5 Å². The highest BCUT2D eigenvalue weighted by Crippen LogP contribution is 2.30. The molecule has 0 fully saturated rings. The number of ether oxygens (including phenoxy) is 2. The second-order valence-corrected chi connectivity index (χ2v) is 4.13. The second-order valence-electron chi connectivity index (χ2n) is 4.13. The number of carbonyl (C=O) groups is 1. The van der Waals surface area contributed by atoms with Crippen molar-refractivity contribution in [3.05, 3.63) is 41.7 Å². The molecule has 1 aromatic carbocycles. The van der Waals surface area contributed by atoms with Crippen molar-refractivity contribution in [2.45, 2.75) is 6.54 Å². The van der Waals surface area contributed by atoms with Crippen molar-refractivity contribution in [1.29, 1.82) is 0 Å². The molecule has 98 valence electrons. The molecule has 6 heteroatoms. The highest BCUT2D eigenvalue weighted by atomic mass is 16.6. The third kappa shape index (κ3) is 2.52. The molecule has 2 heterocycles. The van der Waals surface area contributed by atoms with E-state index in [9.17, 15) is 4.79 Å². The number of benzene rings is 1. The first-order valence-electron chi connectivity index (χ1n) is 5.99. The lowest BCUT2D eigenvalue weighted by atomic mass is 10.2. The fourth-order valence-corrected chi connectivity index (χ4v) is 1.86. The molecule has 0 radical (unpaired) electrons. The first-order chi connectivity index (χ1) is 9.33. The number of carbonyl (C=O) groups excluding carboxylic acids is 1. The van der Waals surface area contributed by atoms with E-state index in [2.05, 4.69) is 15.5 Å². The van der Waals surface area contributed by atoms with Gasteiger partial charge in [-0.05, 0) is 23.8 Å². The molecule has 1 aromatic heterocycles. The van der Waals surface area contributed by atoms with Gasteiger partial charge in [-0.3, -0.25) is 9.89 Å². The van der Waals surface area contributed by atoms with Gasteiger partial charge in [-0.25, -0.2) is 0 Å². The van der Waals surface area contributed by atoms with Gasteiger partial charge < -0.3 is 14.8 Å². The molecule has 1 aliphatic heterocycles. The van der Waals surface area contributed by atoms with Gasteiger partial charge in [0.1, 0.15) is 18.9 Å². The van der Waals surface area contributed by atoms with Gasteiger partial charge in [0.25, 0.3) is 5.91 Å². The standard InChI is InChI=1S/C13H13N3O3/c17-13(10-3-4-15-16-10)14-8-9-1-2-11-12(7-9)19-6-5-18-11/h1-4,7H,5-6,8H2,(H,14,17)(H,15,16). The van der Waals surface area contributed by atoms with Crippen LogP contribution in [0.3, 0.4) is 0 Å². The third-order valence-electron chi connectivity index (χ3n) is 2.81. The average molecular weight is 259 g/mol. The molecule has 19 heavy (non-hydrogen) atoms. The summed E-state index contributed by atoms with van der Waals surface area (Å²) in [7, 11) is 0. The number of rotatable bonds is 3. The number of hydrogen-bond acceptors (Lipinski definition) is 4. The summed E-state index contributed by atoms with van der Waals surface area (Å²) >= 11 is 0. The highest BCUT2D eigenvalue weighted by Gasteiger charge is 2.12. The van der Waals surface area contributed by atoms with Crippen LogP contribution in [-0.4, -0.2) is 29.3 Å². The molecule has 0 aliphatic carbocycles. The van der Waals surface area contributed by atoms with Crippen LogP contribution in [0.25, 0.3) is 0 Å². The van der Waals surface area contributed by atoms with Crippen LogP contribution < -0.4 is 14.8 Å². The van der Waals surface area contributed by atoms with E-state index in [-0.39, 0.29) is 5.91 Å². The summed E-state index contributed by atoms with van der Waals surface area (Å²) < 4.78 is 10.9. The number of amides is 1. The van der Waals surface area contributed by atoms with Gasteiger partial charge in [-0.2, -0.15) is 5.10 Å². The first-order valence-corrected chi connectivity index (χ1v) is 5.99. The normalized spacial score (nSPS) is 13.1. The van der Waals surface area contributed by atoms with E-state index >= 15 is 0 Å². The molecule has 0 atom stereocenters. The van der Waals surface area contributed by atoms with Gasteiger partial charge >= 0.3 is 0 Å². The maximum Gasteiger partial charge on any atom is 0.269 e. The number of aromatic amines is 1. The number of nitrogens with one attached hydrogen (secondary N) is 2. The molecule has 0 saturated heterocycles. The van der Waals surface area contributed by atoms with Crippen LogP contribution in [-0.2, 0) is 6.54 Å². The molecule has 1 amide bonds. The molecular weight excluding hydrogens is 246 g/mol. The zero-order valence-corrected chi connectivity index (χ0v) is 10.2. The Morgan fingerprint density at radius 1 is 1.26 bits per heavy atom. The smallest absolute Gasteiger partial charge is 0.269 e. The Morgan fingerprint density at radius 3 is 2.89 bits per heavy atom. The van der Waals surface area contributed by atoms with Crippen LogP contribution >= 0.6 is 0 Å². The monoisotopic (exact) mass is 259 g/mol. The SMILES string of the molecule is O=C(NCc1ccc2c(c1)OCCO2)c1ccn[nH]1. The molecule has 3 rings (SSSR count). The predicted molar refractivity (Wildman–Crippen MR) is 67.2 cm³/mol. The Morgan fingerprint density at radius 2 is 2.11 bits per heavy atom. The number of aromatic nitrogens is 2. The van der Waals surface area contributed by atoms with E-state index in [1.165, 1.54) is 0 Å². The summed E-state index contributed by atoms with van der Waals surface area (Å²) in [6, 6.07) is 7.26. The zero-order chi connectivity index (χ0) is 13.1. The van der Waals surface area contributed by atoms with E-state index in [4.69, 9.17) is 9.47 Å². The third-order valence-corrected chi connectivity index (χ3v) is 2.81. The molecule has 0 spiro atoms. The van der Waals surface area contributed by atoms with Gasteiger partial charge in [0.15, 0.2) is 11.5 Å². The van der Waals surface area contributed by atoms with E-state index in [0.29, 0.717) is 25.5 Å². The minimum absolute atomic E-state index is 0.188. The number of hydrogen-bond donors (Lipinski definition) is 2. The molecule has 1 aliphatic rings. The largest absolute Gasteiger partial charge is 0.486 e. The summed E-state index contributed by atoms with van der Waals surface area (Å²) in [5.74, 6) is 1.28. The Hall–Kier alpha value is -2.50. The Balaban J connectivity index is 1.65. The van der Waals surface area contributed by atoms with Crippen molar-refractivity contribution in [2.75, 3.05) is 13.2 Å². The van der Waals surface area contributed by atoms with Crippen molar-refractivity contribution in [3.63, 3.8) is 0 Å². The van der Waals surface area contributed by atoms with Gasteiger partial charge in [0.05, 0.1) is 0 Å². The molecule has 0 unspecified atom stereocenters. The van der Waals surface area contributed by atoms with E-state index in [1.54, 1.807) is 12.3 Å². The maximum absolute atomic E-state index is 11.7. The van der Waals surface area contributed by atoms with Crippen LogP contribution in [0.1, 0.15) is 16.1 Å². The van der Waals surface area contributed by atoms with E-state index in [0.717, 1.165) is 17.1 Å². The lowest BCUT2D eigenvalue weighted by Crippen LogP contribution is -2.23. The number of nitrogens with zero attached hydrogens (tertiary/aromatic N) is 1. The molecular formula is C13H13N3O3. The van der Waals surface area contributed by atoms with Crippen molar-refractivity contribution < 1.29 is 14.3 Å². The minimum Gasteiger partial charge on any atom is -0.486 e.